The third kappa shape index (κ3) is 3.26. The maximum Gasteiger partial charge on any atom is 0.0175 e. The molecule has 0 aromatic rings. The molecule has 11 heavy (non-hydrogen) atoms. The van der Waals surface area contributed by atoms with E-state index in [0.717, 1.165) is 5.92 Å². The second-order valence-electron chi connectivity index (χ2n) is 2.67. The largest absolute Gasteiger partial charge is 0.388 e. The summed E-state index contributed by atoms with van der Waals surface area (Å²) in [5, 5.41) is 3.37. The van der Waals surface area contributed by atoms with Gasteiger partial charge < -0.3 is 5.32 Å². The monoisotopic (exact) mass is 153 g/mol. The summed E-state index contributed by atoms with van der Waals surface area (Å²) in [5.41, 5.74) is 1.43. The minimum Gasteiger partial charge on any atom is -0.388 e. The van der Waals surface area contributed by atoms with Crippen LogP contribution in [0.5, 0.6) is 0 Å². The molecule has 0 spiro atoms. The lowest BCUT2D eigenvalue weighted by Gasteiger charge is -1.98. The van der Waals surface area contributed by atoms with E-state index >= 15 is 0 Å². The normalized spacial score (nSPS) is 25.6. The van der Waals surface area contributed by atoms with Gasteiger partial charge in [-0.1, -0.05) is 19.4 Å². The zero-order valence-electron chi connectivity index (χ0n) is 7.69. The van der Waals surface area contributed by atoms with Crippen molar-refractivity contribution in [3.05, 3.63) is 24.9 Å². The van der Waals surface area contributed by atoms with E-state index < -0.39 is 0 Å². The van der Waals surface area contributed by atoms with Gasteiger partial charge in [0, 0.05) is 12.2 Å². The Morgan fingerprint density at radius 3 is 2.55 bits per heavy atom. The molecule has 1 rings (SSSR count). The average molecular weight is 153 g/mol. The first-order valence-electron chi connectivity index (χ1n) is 4.25. The van der Waals surface area contributed by atoms with Crippen LogP contribution in [0.4, 0.5) is 0 Å². The zero-order chi connectivity index (χ0) is 8.69. The van der Waals surface area contributed by atoms with Crippen LogP contribution in [0.3, 0.4) is 0 Å². The average Bonchev–Trinajstić information content (AvgIpc) is 2.55. The van der Waals surface area contributed by atoms with Crippen LogP contribution in [0.2, 0.25) is 0 Å². The van der Waals surface area contributed by atoms with Crippen molar-refractivity contribution >= 4 is 0 Å². The predicted octanol–water partition coefficient (Wildman–Crippen LogP) is 2.71. The van der Waals surface area contributed by atoms with Gasteiger partial charge in [-0.3, -0.25) is 0 Å². The summed E-state index contributed by atoms with van der Waals surface area (Å²) in [6.45, 7) is 11.5. The van der Waals surface area contributed by atoms with E-state index in [1.165, 1.54) is 25.1 Å². The number of allylic oxidation sites excluding steroid dienone is 2. The molecule has 1 heterocycles. The van der Waals surface area contributed by atoms with Crippen LogP contribution in [0.15, 0.2) is 24.9 Å². The molecular formula is C10H19N. The van der Waals surface area contributed by atoms with Gasteiger partial charge in [0.2, 0.25) is 0 Å². The van der Waals surface area contributed by atoms with Crippen LogP contribution in [0.1, 0.15) is 26.7 Å². The van der Waals surface area contributed by atoms with Crippen molar-refractivity contribution in [2.45, 2.75) is 26.7 Å². The fourth-order valence-electron chi connectivity index (χ4n) is 1.24. The van der Waals surface area contributed by atoms with E-state index in [0.29, 0.717) is 0 Å². The third-order valence-electron chi connectivity index (χ3n) is 2.05. The molecule has 1 unspecified atom stereocenters. The van der Waals surface area contributed by atoms with Crippen LogP contribution < -0.4 is 5.32 Å². The summed E-state index contributed by atoms with van der Waals surface area (Å²) in [5.74, 6) is 0.899. The van der Waals surface area contributed by atoms with Crippen LogP contribution in [0.25, 0.3) is 0 Å². The van der Waals surface area contributed by atoms with E-state index in [-0.39, 0.29) is 0 Å². The summed E-state index contributed by atoms with van der Waals surface area (Å²) < 4.78 is 0. The van der Waals surface area contributed by atoms with Crippen molar-refractivity contribution in [3.63, 3.8) is 0 Å². The van der Waals surface area contributed by atoms with Gasteiger partial charge >= 0.3 is 0 Å². The second kappa shape index (κ2) is 6.02. The lowest BCUT2D eigenvalue weighted by Crippen LogP contribution is -2.07. The number of rotatable bonds is 1. The molecule has 1 fully saturated rings. The molecular weight excluding hydrogens is 134 g/mol. The first-order chi connectivity index (χ1) is 5.36. The lowest BCUT2D eigenvalue weighted by atomic mass is 10.1. The van der Waals surface area contributed by atoms with Gasteiger partial charge in [-0.05, 0) is 19.3 Å². The van der Waals surface area contributed by atoms with Crippen LogP contribution in [-0.2, 0) is 0 Å². The smallest absolute Gasteiger partial charge is 0.0175 e. The van der Waals surface area contributed by atoms with Crippen molar-refractivity contribution in [2.75, 3.05) is 6.54 Å². The molecule has 1 nitrogen and oxygen atoms in total. The highest BCUT2D eigenvalue weighted by molar-refractivity contribution is 5.04. The Balaban J connectivity index is 0.000000461. The van der Waals surface area contributed by atoms with Gasteiger partial charge in [-0.25, -0.2) is 0 Å². The second-order valence-corrected chi connectivity index (χ2v) is 2.67. The topological polar surface area (TPSA) is 12.0 Å². The maximum atomic E-state index is 3.37. The standard InChI is InChI=1S/C8H15N.C2H4/c1-3-7-5-8(4-2)9-6-7;1-2/h4,7,9H,3,5-6H2,1-2H3;1-2H2/b8-4-;. The van der Waals surface area contributed by atoms with Crippen molar-refractivity contribution in [3.8, 4) is 0 Å². The molecule has 1 heteroatoms. The highest BCUT2D eigenvalue weighted by atomic mass is 14.9. The molecule has 0 radical (unpaired) electrons. The van der Waals surface area contributed by atoms with Gasteiger partial charge in [-0.2, -0.15) is 0 Å². The molecule has 0 bridgehead atoms. The number of hydrogen-bond donors (Lipinski definition) is 1. The van der Waals surface area contributed by atoms with Gasteiger partial charge in [0.05, 0.1) is 0 Å². The summed E-state index contributed by atoms with van der Waals surface area (Å²) in [6.07, 6.45) is 4.76. The van der Waals surface area contributed by atoms with Gasteiger partial charge in [0.25, 0.3) is 0 Å². The van der Waals surface area contributed by atoms with Crippen LogP contribution in [-0.4, -0.2) is 6.54 Å². The highest BCUT2D eigenvalue weighted by Gasteiger charge is 2.14. The molecule has 1 saturated heterocycles. The Labute approximate surface area is 70.2 Å². The highest BCUT2D eigenvalue weighted by Crippen LogP contribution is 2.18. The molecule has 0 saturated carbocycles. The fourth-order valence-corrected chi connectivity index (χ4v) is 1.24. The van der Waals surface area contributed by atoms with Gasteiger partial charge in [0.15, 0.2) is 0 Å². The Hall–Kier alpha value is -0.720. The summed E-state index contributed by atoms with van der Waals surface area (Å²) in [6, 6.07) is 0. The van der Waals surface area contributed by atoms with E-state index in [9.17, 15) is 0 Å². The zero-order valence-corrected chi connectivity index (χ0v) is 7.69. The third-order valence-corrected chi connectivity index (χ3v) is 2.05. The van der Waals surface area contributed by atoms with E-state index in [1.54, 1.807) is 0 Å². The first-order valence-corrected chi connectivity index (χ1v) is 4.25. The molecule has 64 valence electrons. The summed E-state index contributed by atoms with van der Waals surface area (Å²) in [7, 11) is 0. The van der Waals surface area contributed by atoms with Crippen molar-refractivity contribution in [2.24, 2.45) is 5.92 Å². The SMILES string of the molecule is C/C=C1/CC(CC)CN1.C=C. The van der Waals surface area contributed by atoms with E-state index in [2.05, 4.69) is 38.4 Å². The molecule has 1 atom stereocenters. The first kappa shape index (κ1) is 10.3. The van der Waals surface area contributed by atoms with Crippen LogP contribution in [0, 0.1) is 5.92 Å². The Morgan fingerprint density at radius 2 is 2.27 bits per heavy atom. The van der Waals surface area contributed by atoms with Crippen molar-refractivity contribution in [1.29, 1.82) is 0 Å². The molecule has 0 aromatic carbocycles. The Kier molecular flexibility index (Phi) is 5.63. The molecule has 0 aromatic heterocycles. The maximum absolute atomic E-state index is 3.37. The quantitative estimate of drug-likeness (QED) is 0.571. The Bertz CT molecular complexity index is 127. The molecule has 1 aliphatic rings. The van der Waals surface area contributed by atoms with Crippen molar-refractivity contribution < 1.29 is 0 Å². The van der Waals surface area contributed by atoms with E-state index in [4.69, 9.17) is 0 Å². The summed E-state index contributed by atoms with van der Waals surface area (Å²) >= 11 is 0. The molecule has 0 aliphatic carbocycles. The predicted molar refractivity (Wildman–Crippen MR) is 51.4 cm³/mol. The lowest BCUT2D eigenvalue weighted by molar-refractivity contribution is 0.566. The van der Waals surface area contributed by atoms with Gasteiger partial charge in [-0.15, -0.1) is 13.2 Å². The molecule has 0 amide bonds. The van der Waals surface area contributed by atoms with Crippen LogP contribution >= 0.6 is 0 Å². The summed E-state index contributed by atoms with van der Waals surface area (Å²) in [4.78, 5) is 0. The minimum absolute atomic E-state index is 0.899. The van der Waals surface area contributed by atoms with E-state index in [1.807, 2.05) is 0 Å². The van der Waals surface area contributed by atoms with Gasteiger partial charge in [0.1, 0.15) is 0 Å². The Morgan fingerprint density at radius 1 is 1.64 bits per heavy atom. The number of hydrogen-bond acceptors (Lipinski definition) is 1. The minimum atomic E-state index is 0.899. The fraction of sp³-hybridized carbons (Fsp3) is 0.600. The molecule has 1 aliphatic heterocycles. The molecule has 1 N–H and O–H groups in total. The van der Waals surface area contributed by atoms with Crippen molar-refractivity contribution in [1.82, 2.24) is 5.32 Å². The number of nitrogens with one attached hydrogen (secondary N) is 1.